The molecule has 0 aromatic heterocycles. The monoisotopic (exact) mass is 246 g/mol. The van der Waals surface area contributed by atoms with E-state index >= 15 is 0 Å². The lowest BCUT2D eigenvalue weighted by molar-refractivity contribution is -0.291. The Bertz CT molecular complexity index is 333. The second-order valence-electron chi connectivity index (χ2n) is 1.81. The molecule has 0 N–H and O–H groups in total. The van der Waals surface area contributed by atoms with Crippen LogP contribution in [0, 0.1) is 0 Å². The van der Waals surface area contributed by atoms with Crippen molar-refractivity contribution in [2.24, 2.45) is 0 Å². The smallest absolute Gasteiger partial charge is 0.369 e. The zero-order valence-corrected chi connectivity index (χ0v) is 6.63. The third kappa shape index (κ3) is 2.27. The minimum Gasteiger partial charge on any atom is -0.369 e. The topological polar surface area (TPSA) is 60.4 Å². The Balaban J connectivity index is 5.18. The van der Waals surface area contributed by atoms with Gasteiger partial charge in [0.25, 0.3) is 0 Å². The summed E-state index contributed by atoms with van der Waals surface area (Å²) in [5, 5.41) is -6.35. The van der Waals surface area contributed by atoms with Gasteiger partial charge in [0.1, 0.15) is 0 Å². The summed E-state index contributed by atoms with van der Waals surface area (Å²) in [7, 11) is -7.03. The van der Waals surface area contributed by atoms with Gasteiger partial charge in [-0.1, -0.05) is 3.89 Å². The van der Waals surface area contributed by atoms with E-state index in [1.165, 1.54) is 0 Å². The summed E-state index contributed by atoms with van der Waals surface area (Å²) in [6.07, 6.45) is -9.50. The lowest BCUT2D eigenvalue weighted by atomic mass is 10.6. The first kappa shape index (κ1) is 13.0. The third-order valence-electron chi connectivity index (χ3n) is 0.853. The van der Waals surface area contributed by atoms with Crippen LogP contribution in [-0.2, 0) is 15.0 Å². The molecule has 0 fully saturated rings. The van der Waals surface area contributed by atoms with E-state index in [1.807, 2.05) is 4.74 Å². The first-order valence-corrected chi connectivity index (χ1v) is 3.88. The van der Waals surface area contributed by atoms with Crippen molar-refractivity contribution in [3.8, 4) is 0 Å². The molecule has 0 spiro atoms. The summed E-state index contributed by atoms with van der Waals surface area (Å²) in [4.78, 5) is 9.21. The van der Waals surface area contributed by atoms with Crippen molar-refractivity contribution in [3.63, 3.8) is 0 Å². The number of hydrogen-bond donors (Lipinski definition) is 0. The van der Waals surface area contributed by atoms with E-state index in [0.29, 0.717) is 0 Å². The first-order chi connectivity index (χ1) is 5.92. The van der Waals surface area contributed by atoms with Crippen LogP contribution >= 0.6 is 0 Å². The highest BCUT2D eigenvalue weighted by atomic mass is 32.3. The third-order valence-corrected chi connectivity index (χ3v) is 1.70. The lowest BCUT2D eigenvalue weighted by Crippen LogP contribution is -2.47. The number of hydrogen-bond acceptors (Lipinski definition) is 4. The molecule has 0 aromatic carbocycles. The van der Waals surface area contributed by atoms with E-state index in [1.54, 1.807) is 0 Å². The summed E-state index contributed by atoms with van der Waals surface area (Å²) >= 11 is 0. The molecule has 0 heterocycles. The van der Waals surface area contributed by atoms with Gasteiger partial charge in [-0.05, 0) is 0 Å². The summed E-state index contributed by atoms with van der Waals surface area (Å²) in [5.41, 5.74) is 0. The number of halogens is 6. The fourth-order valence-corrected chi connectivity index (χ4v) is 0.628. The van der Waals surface area contributed by atoms with E-state index in [2.05, 4.69) is 0 Å². The Hall–Kier alpha value is -1.00. The highest BCUT2D eigenvalue weighted by Crippen LogP contribution is 2.40. The standard InChI is InChI=1S/C3F6O4S/c4-1(10)13-2(5,6)3(7,8)14(9,11)12. The van der Waals surface area contributed by atoms with E-state index in [-0.39, 0.29) is 0 Å². The molecule has 0 aromatic rings. The lowest BCUT2D eigenvalue weighted by Gasteiger charge is -2.19. The van der Waals surface area contributed by atoms with Crippen molar-refractivity contribution in [1.29, 1.82) is 0 Å². The molecule has 84 valence electrons. The molecule has 0 saturated carbocycles. The van der Waals surface area contributed by atoms with E-state index in [4.69, 9.17) is 0 Å². The van der Waals surface area contributed by atoms with Crippen LogP contribution in [0.3, 0.4) is 0 Å². The second kappa shape index (κ2) is 3.29. The van der Waals surface area contributed by atoms with Crippen LogP contribution < -0.4 is 0 Å². The molecule has 11 heteroatoms. The molecule has 14 heavy (non-hydrogen) atoms. The highest BCUT2D eigenvalue weighted by Gasteiger charge is 2.70. The van der Waals surface area contributed by atoms with Crippen molar-refractivity contribution in [3.05, 3.63) is 0 Å². The van der Waals surface area contributed by atoms with E-state index in [0.717, 1.165) is 0 Å². The molecule has 0 radical (unpaired) electrons. The molecular formula is C3F6O4S. The van der Waals surface area contributed by atoms with Gasteiger partial charge in [0.05, 0.1) is 0 Å². The molecule has 0 amide bonds. The number of alkyl halides is 4. The van der Waals surface area contributed by atoms with Gasteiger partial charge < -0.3 is 4.74 Å². The van der Waals surface area contributed by atoms with Crippen molar-refractivity contribution < 1.29 is 43.8 Å². The van der Waals surface area contributed by atoms with Crippen LogP contribution in [0.15, 0.2) is 0 Å². The van der Waals surface area contributed by atoms with Gasteiger partial charge in [-0.25, -0.2) is 4.79 Å². The molecule has 0 aliphatic carbocycles. The molecule has 0 unspecified atom stereocenters. The van der Waals surface area contributed by atoms with Crippen LogP contribution in [-0.4, -0.2) is 26.0 Å². The fourth-order valence-electron chi connectivity index (χ4n) is 0.302. The number of carbonyl (C=O) groups excluding carboxylic acids is 1. The largest absolute Gasteiger partial charge is 0.500 e. The normalized spacial score (nSPS) is 13.9. The van der Waals surface area contributed by atoms with Crippen molar-refractivity contribution >= 4 is 16.4 Å². The maximum Gasteiger partial charge on any atom is 0.500 e. The highest BCUT2D eigenvalue weighted by molar-refractivity contribution is 7.87. The number of ether oxygens (including phenoxy) is 1. The Labute approximate surface area is 72.7 Å². The van der Waals surface area contributed by atoms with E-state index in [9.17, 15) is 39.1 Å². The number of carbonyl (C=O) groups is 1. The molecule has 0 aliphatic rings. The SMILES string of the molecule is O=C(F)OC(F)(F)C(F)(F)S(=O)(=O)F. The van der Waals surface area contributed by atoms with Crippen LogP contribution in [0.25, 0.3) is 0 Å². The van der Waals surface area contributed by atoms with Crippen LogP contribution in [0.4, 0.5) is 30.6 Å². The summed E-state index contributed by atoms with van der Waals surface area (Å²) < 4.78 is 91.2. The van der Waals surface area contributed by atoms with Crippen molar-refractivity contribution in [2.75, 3.05) is 0 Å². The predicted molar refractivity (Wildman–Crippen MR) is 27.5 cm³/mol. The molecule has 0 rings (SSSR count). The van der Waals surface area contributed by atoms with Gasteiger partial charge in [0, 0.05) is 0 Å². The van der Waals surface area contributed by atoms with Gasteiger partial charge in [0.15, 0.2) is 0 Å². The Kier molecular flexibility index (Phi) is 3.06. The summed E-state index contributed by atoms with van der Waals surface area (Å²) in [6, 6.07) is 0. The molecular weight excluding hydrogens is 246 g/mol. The van der Waals surface area contributed by atoms with Gasteiger partial charge in [-0.3, -0.25) is 0 Å². The molecule has 4 nitrogen and oxygen atoms in total. The summed E-state index contributed by atoms with van der Waals surface area (Å²) in [6.45, 7) is 0. The molecule has 0 saturated heterocycles. The molecule has 0 bridgehead atoms. The van der Waals surface area contributed by atoms with Gasteiger partial charge in [-0.2, -0.15) is 26.0 Å². The van der Waals surface area contributed by atoms with Gasteiger partial charge in [0.2, 0.25) is 0 Å². The zero-order valence-electron chi connectivity index (χ0n) is 5.81. The predicted octanol–water partition coefficient (Wildman–Crippen LogP) is 1.58. The maximum atomic E-state index is 11.9. The minimum atomic E-state index is -7.03. The Morgan fingerprint density at radius 2 is 1.50 bits per heavy atom. The maximum absolute atomic E-state index is 11.9. The van der Waals surface area contributed by atoms with Crippen molar-refractivity contribution in [2.45, 2.75) is 11.4 Å². The van der Waals surface area contributed by atoms with Gasteiger partial charge in [-0.15, -0.1) is 4.39 Å². The van der Waals surface area contributed by atoms with Gasteiger partial charge >= 0.3 is 27.8 Å². The number of rotatable bonds is 3. The fraction of sp³-hybridized carbons (Fsp3) is 0.667. The van der Waals surface area contributed by atoms with Crippen LogP contribution in [0.2, 0.25) is 0 Å². The van der Waals surface area contributed by atoms with Crippen LogP contribution in [0.5, 0.6) is 0 Å². The molecule has 0 aliphatic heterocycles. The van der Waals surface area contributed by atoms with E-state index < -0.39 is 27.8 Å². The van der Waals surface area contributed by atoms with Crippen LogP contribution in [0.1, 0.15) is 0 Å². The summed E-state index contributed by atoms with van der Waals surface area (Å²) in [5.74, 6) is 0. The minimum absolute atomic E-state index is 2.02. The average Bonchev–Trinajstić information content (AvgIpc) is 1.80. The Morgan fingerprint density at radius 3 is 1.71 bits per heavy atom. The second-order valence-corrected chi connectivity index (χ2v) is 3.20. The quantitative estimate of drug-likeness (QED) is 0.560. The van der Waals surface area contributed by atoms with Crippen molar-refractivity contribution in [1.82, 2.24) is 0 Å². The first-order valence-electron chi connectivity index (χ1n) is 2.50. The Morgan fingerprint density at radius 1 is 1.14 bits per heavy atom. The average molecular weight is 246 g/mol. The zero-order chi connectivity index (χ0) is 11.8. The molecule has 0 atom stereocenters.